The lowest BCUT2D eigenvalue weighted by molar-refractivity contribution is -0.320. The minimum Gasteiger partial charge on any atom is -0.457 e. The van der Waals surface area contributed by atoms with Gasteiger partial charge in [-0.15, -0.1) is 6.58 Å². The number of rotatable bonds is 11. The summed E-state index contributed by atoms with van der Waals surface area (Å²) in [7, 11) is 1.67. The molecule has 3 aliphatic carbocycles. The standard InChI is InChI=1S/C34H54O11/c1-9-33(5,6)42-16-24-28(39)31(43-19(4)36)29(40)32(44-24)45-30-26-22(17(2)14-35)12-25(37)34(26,7)13-23-20(15-41-8)10-11-21(23)18(3)27(30)38/h9,13,17-18,20-21,24-25,27-32,35,37-40H,1,10-12,14-16H2,2-8H3/b23-13-/t17-,18-,20-,21+,24-,25+,27-,28?,29?,30-,31?,32-,34+/m1/s1. The van der Waals surface area contributed by atoms with Crippen LogP contribution >= 0.6 is 0 Å². The van der Waals surface area contributed by atoms with Crippen molar-refractivity contribution in [3.05, 3.63) is 35.5 Å². The summed E-state index contributed by atoms with van der Waals surface area (Å²) in [5.74, 6) is -1.18. The molecule has 0 amide bonds. The number of carbonyl (C=O) groups excluding carboxylic acids is 1. The zero-order valence-corrected chi connectivity index (χ0v) is 27.7. The lowest BCUT2D eigenvalue weighted by atomic mass is 9.68. The van der Waals surface area contributed by atoms with Crippen molar-refractivity contribution < 1.29 is 54.0 Å². The van der Waals surface area contributed by atoms with Crippen molar-refractivity contribution in [2.75, 3.05) is 26.9 Å². The first-order chi connectivity index (χ1) is 21.1. The fourth-order valence-corrected chi connectivity index (χ4v) is 7.65. The average molecular weight is 639 g/mol. The molecule has 0 aromatic heterocycles. The van der Waals surface area contributed by atoms with Crippen LogP contribution < -0.4 is 0 Å². The molecule has 1 saturated heterocycles. The third-order valence-corrected chi connectivity index (χ3v) is 10.6. The summed E-state index contributed by atoms with van der Waals surface area (Å²) in [6.45, 7) is 14.5. The SMILES string of the molecule is C=CC(C)(C)OC[C@H]1O[C@H](O[C@@H]2C3=C([C@H](C)CO)C[C@H](O)[C@]3(C)/C=C3/[C@@H](COC)CC[C@H]3[C@@H](C)[C@H]2O)C(O)C(OC(C)=O)C1O. The summed E-state index contributed by atoms with van der Waals surface area (Å²) >= 11 is 0. The summed E-state index contributed by atoms with van der Waals surface area (Å²) in [6.07, 6.45) is -4.25. The van der Waals surface area contributed by atoms with Crippen LogP contribution in [0.4, 0.5) is 0 Å². The Balaban J connectivity index is 1.79. The second-order valence-electron chi connectivity index (χ2n) is 14.1. The van der Waals surface area contributed by atoms with E-state index in [0.29, 0.717) is 12.2 Å². The third-order valence-electron chi connectivity index (χ3n) is 10.6. The Kier molecular flexibility index (Phi) is 11.4. The van der Waals surface area contributed by atoms with Crippen molar-refractivity contribution in [3.63, 3.8) is 0 Å². The van der Waals surface area contributed by atoms with Gasteiger partial charge in [0, 0.05) is 37.9 Å². The van der Waals surface area contributed by atoms with Gasteiger partial charge in [-0.3, -0.25) is 4.79 Å². The molecule has 256 valence electrons. The van der Waals surface area contributed by atoms with Crippen LogP contribution in [-0.4, -0.2) is 113 Å². The number of esters is 1. The molecule has 1 heterocycles. The summed E-state index contributed by atoms with van der Waals surface area (Å²) in [5, 5.41) is 56.5. The largest absolute Gasteiger partial charge is 0.457 e. The molecule has 4 aliphatic rings. The molecule has 0 bridgehead atoms. The van der Waals surface area contributed by atoms with Crippen LogP contribution in [0.2, 0.25) is 0 Å². The molecule has 3 unspecified atom stereocenters. The molecule has 0 aromatic carbocycles. The molecule has 11 nitrogen and oxygen atoms in total. The summed E-state index contributed by atoms with van der Waals surface area (Å²) in [5.41, 5.74) is 0.837. The number of aliphatic hydroxyl groups excluding tert-OH is 5. The molecule has 2 fully saturated rings. The van der Waals surface area contributed by atoms with Gasteiger partial charge < -0.3 is 49.2 Å². The van der Waals surface area contributed by atoms with Crippen molar-refractivity contribution in [1.82, 2.24) is 0 Å². The normalized spacial score (nSPS) is 42.2. The lowest BCUT2D eigenvalue weighted by Gasteiger charge is -2.47. The quantitative estimate of drug-likeness (QED) is 0.166. The molecule has 45 heavy (non-hydrogen) atoms. The minimum atomic E-state index is -1.61. The lowest BCUT2D eigenvalue weighted by Crippen LogP contribution is -2.62. The first-order valence-electron chi connectivity index (χ1n) is 16.1. The van der Waals surface area contributed by atoms with Crippen molar-refractivity contribution >= 4 is 5.97 Å². The Hall–Kier alpha value is -1.67. The number of hydrogen-bond donors (Lipinski definition) is 5. The predicted molar refractivity (Wildman–Crippen MR) is 165 cm³/mol. The van der Waals surface area contributed by atoms with E-state index >= 15 is 0 Å². The minimum absolute atomic E-state index is 0.00578. The molecule has 0 spiro atoms. The van der Waals surface area contributed by atoms with Gasteiger partial charge >= 0.3 is 5.97 Å². The highest BCUT2D eigenvalue weighted by Crippen LogP contribution is 2.55. The maximum Gasteiger partial charge on any atom is 0.303 e. The highest BCUT2D eigenvalue weighted by molar-refractivity contribution is 5.66. The van der Waals surface area contributed by atoms with E-state index in [0.717, 1.165) is 24.0 Å². The fraction of sp³-hybridized carbons (Fsp3) is 0.794. The Bertz CT molecular complexity index is 1130. The van der Waals surface area contributed by atoms with E-state index in [1.807, 2.05) is 20.8 Å². The Morgan fingerprint density at radius 2 is 1.87 bits per heavy atom. The first-order valence-corrected chi connectivity index (χ1v) is 16.1. The fourth-order valence-electron chi connectivity index (χ4n) is 7.65. The molecular formula is C34H54O11. The molecule has 1 aliphatic heterocycles. The zero-order valence-electron chi connectivity index (χ0n) is 27.7. The summed E-state index contributed by atoms with van der Waals surface area (Å²) in [4.78, 5) is 12.0. The van der Waals surface area contributed by atoms with E-state index in [1.165, 1.54) is 6.92 Å². The molecule has 0 radical (unpaired) electrons. The van der Waals surface area contributed by atoms with Crippen molar-refractivity contribution in [3.8, 4) is 0 Å². The predicted octanol–water partition coefficient (Wildman–Crippen LogP) is 2.04. The van der Waals surface area contributed by atoms with E-state index in [4.69, 9.17) is 23.7 Å². The molecular weight excluding hydrogens is 584 g/mol. The van der Waals surface area contributed by atoms with Gasteiger partial charge in [0.15, 0.2) is 12.4 Å². The zero-order chi connectivity index (χ0) is 33.4. The Morgan fingerprint density at radius 3 is 2.47 bits per heavy atom. The second-order valence-corrected chi connectivity index (χ2v) is 14.1. The number of fused-ring (bicyclic) bond motifs is 2. The van der Waals surface area contributed by atoms with Gasteiger partial charge in [-0.2, -0.15) is 0 Å². The van der Waals surface area contributed by atoms with Gasteiger partial charge in [0.1, 0.15) is 24.4 Å². The van der Waals surface area contributed by atoms with Gasteiger partial charge in [-0.25, -0.2) is 0 Å². The number of hydrogen-bond acceptors (Lipinski definition) is 11. The number of ether oxygens (including phenoxy) is 5. The maximum absolute atomic E-state index is 12.1. The average Bonchev–Trinajstić information content (AvgIpc) is 3.49. The van der Waals surface area contributed by atoms with E-state index in [-0.39, 0.29) is 43.3 Å². The topological polar surface area (TPSA) is 164 Å². The van der Waals surface area contributed by atoms with Crippen LogP contribution in [0.3, 0.4) is 0 Å². The van der Waals surface area contributed by atoms with Gasteiger partial charge in [0.05, 0.1) is 31.0 Å². The van der Waals surface area contributed by atoms with Gasteiger partial charge in [-0.1, -0.05) is 37.1 Å². The van der Waals surface area contributed by atoms with E-state index < -0.39 is 66.0 Å². The molecule has 1 saturated carbocycles. The Labute approximate surface area is 266 Å². The number of aliphatic hydroxyl groups is 5. The highest BCUT2D eigenvalue weighted by atomic mass is 16.7. The molecule has 5 N–H and O–H groups in total. The molecule has 13 atom stereocenters. The van der Waals surface area contributed by atoms with Crippen LogP contribution in [0, 0.1) is 29.1 Å². The summed E-state index contributed by atoms with van der Waals surface area (Å²) in [6, 6.07) is 0. The molecule has 0 aromatic rings. The highest BCUT2D eigenvalue weighted by Gasteiger charge is 2.56. The van der Waals surface area contributed by atoms with Crippen LogP contribution in [0.1, 0.15) is 60.8 Å². The van der Waals surface area contributed by atoms with Gasteiger partial charge in [-0.05, 0) is 57.4 Å². The van der Waals surface area contributed by atoms with Crippen LogP contribution in [0.15, 0.2) is 35.5 Å². The molecule has 11 heteroatoms. The second kappa shape index (κ2) is 14.2. The Morgan fingerprint density at radius 1 is 1.18 bits per heavy atom. The monoisotopic (exact) mass is 638 g/mol. The van der Waals surface area contributed by atoms with E-state index in [1.54, 1.807) is 27.0 Å². The van der Waals surface area contributed by atoms with Crippen molar-refractivity contribution in [2.45, 2.75) is 115 Å². The van der Waals surface area contributed by atoms with Crippen molar-refractivity contribution in [1.29, 1.82) is 0 Å². The van der Waals surface area contributed by atoms with E-state index in [2.05, 4.69) is 12.7 Å². The van der Waals surface area contributed by atoms with Crippen LogP contribution in [0.5, 0.6) is 0 Å². The van der Waals surface area contributed by atoms with Gasteiger partial charge in [0.25, 0.3) is 0 Å². The number of carbonyl (C=O) groups is 1. The van der Waals surface area contributed by atoms with Crippen molar-refractivity contribution in [2.24, 2.45) is 29.1 Å². The van der Waals surface area contributed by atoms with E-state index in [9.17, 15) is 30.3 Å². The van der Waals surface area contributed by atoms with Crippen LogP contribution in [0.25, 0.3) is 0 Å². The van der Waals surface area contributed by atoms with Crippen LogP contribution in [-0.2, 0) is 28.5 Å². The van der Waals surface area contributed by atoms with Gasteiger partial charge in [0.2, 0.25) is 0 Å². The first kappa shape index (κ1) is 36.2. The number of methoxy groups -OCH3 is 1. The maximum atomic E-state index is 12.1. The third kappa shape index (κ3) is 7.12. The summed E-state index contributed by atoms with van der Waals surface area (Å²) < 4.78 is 29.5. The smallest absolute Gasteiger partial charge is 0.303 e. The molecule has 4 rings (SSSR count).